The molecule has 0 amide bonds. The monoisotopic (exact) mass is 846 g/mol. The number of aliphatic hydroxyl groups is 2. The van der Waals surface area contributed by atoms with Crippen molar-refractivity contribution < 1.29 is 65.4 Å². The van der Waals surface area contributed by atoms with Gasteiger partial charge in [-0.3, -0.25) is 4.98 Å². The molecule has 4 nitrogen and oxygen atoms in total. The maximum absolute atomic E-state index is 13.6. The third-order valence-electron chi connectivity index (χ3n) is 7.08. The van der Waals surface area contributed by atoms with Crippen LogP contribution in [0.4, 0.5) is 35.1 Å². The SMILES string of the molecule is CC(C)(C)C(O)CC(O)C(F)(F)C(F)(F)C(F)(F)F.Cc1c[c-]c(-c2ncc(-c3cccc(F)c3)nc2-c2ccc(C)cc2)cc1.[Ir]. The number of aliphatic hydroxyl groups excluding tert-OH is 2. The number of hydrogen-bond donors (Lipinski definition) is 2. The summed E-state index contributed by atoms with van der Waals surface area (Å²) in [5.41, 5.74) is 5.98. The van der Waals surface area contributed by atoms with Crippen molar-refractivity contribution >= 4 is 0 Å². The van der Waals surface area contributed by atoms with Crippen LogP contribution in [0.1, 0.15) is 38.3 Å². The Kier molecular flexibility index (Phi) is 13.0. The summed E-state index contributed by atoms with van der Waals surface area (Å²) in [4.78, 5) is 9.50. The van der Waals surface area contributed by atoms with Crippen LogP contribution in [0.25, 0.3) is 33.8 Å². The molecule has 2 atom stereocenters. The number of aromatic nitrogens is 2. The first-order chi connectivity index (χ1) is 21.1. The molecule has 0 fully saturated rings. The zero-order valence-electron chi connectivity index (χ0n) is 25.9. The molecule has 47 heavy (non-hydrogen) atoms. The Balaban J connectivity index is 0.000000343. The van der Waals surface area contributed by atoms with Crippen molar-refractivity contribution in [2.24, 2.45) is 5.41 Å². The Morgan fingerprint density at radius 1 is 0.766 bits per heavy atom. The van der Waals surface area contributed by atoms with Gasteiger partial charge < -0.3 is 15.2 Å². The van der Waals surface area contributed by atoms with Crippen LogP contribution in [-0.4, -0.2) is 50.4 Å². The topological polar surface area (TPSA) is 66.2 Å². The summed E-state index contributed by atoms with van der Waals surface area (Å²) in [5.74, 6) is -12.4. The van der Waals surface area contributed by atoms with Crippen molar-refractivity contribution in [2.45, 2.75) is 71.3 Å². The van der Waals surface area contributed by atoms with E-state index < -0.39 is 42.1 Å². The molecule has 0 aliphatic carbocycles. The molecule has 0 aliphatic rings. The van der Waals surface area contributed by atoms with Gasteiger partial charge in [-0.15, -0.1) is 35.4 Å². The quantitative estimate of drug-likeness (QED) is 0.144. The average molecular weight is 846 g/mol. The Morgan fingerprint density at radius 3 is 1.87 bits per heavy atom. The fourth-order valence-electron chi connectivity index (χ4n) is 4.05. The maximum Gasteiger partial charge on any atom is 0.459 e. The summed E-state index contributed by atoms with van der Waals surface area (Å²) < 4.78 is 100. The van der Waals surface area contributed by atoms with E-state index >= 15 is 0 Å². The first-order valence-corrected chi connectivity index (χ1v) is 14.0. The Hall–Kier alpha value is -3.25. The van der Waals surface area contributed by atoms with Gasteiger partial charge in [-0.25, -0.2) is 4.39 Å². The molecule has 13 heteroatoms. The average Bonchev–Trinajstić information content (AvgIpc) is 2.97. The summed E-state index contributed by atoms with van der Waals surface area (Å²) in [6.07, 6.45) is -11.1. The van der Waals surface area contributed by atoms with Gasteiger partial charge in [0, 0.05) is 44.0 Å². The molecule has 0 saturated carbocycles. The molecule has 3 aromatic carbocycles. The largest absolute Gasteiger partial charge is 0.459 e. The summed E-state index contributed by atoms with van der Waals surface area (Å²) in [6.45, 7) is 8.13. The van der Waals surface area contributed by atoms with Gasteiger partial charge >= 0.3 is 18.0 Å². The zero-order valence-corrected chi connectivity index (χ0v) is 28.3. The minimum Gasteiger partial charge on any atom is -0.392 e. The molecule has 0 bridgehead atoms. The third kappa shape index (κ3) is 9.65. The van der Waals surface area contributed by atoms with Gasteiger partial charge in [-0.2, -0.15) is 30.7 Å². The van der Waals surface area contributed by atoms with Crippen LogP contribution < -0.4 is 0 Å². The molecule has 2 unspecified atom stereocenters. The van der Waals surface area contributed by atoms with E-state index in [4.69, 9.17) is 10.1 Å². The number of alkyl halides is 7. The summed E-state index contributed by atoms with van der Waals surface area (Å²) >= 11 is 0. The van der Waals surface area contributed by atoms with E-state index in [-0.39, 0.29) is 25.9 Å². The van der Waals surface area contributed by atoms with E-state index in [9.17, 15) is 40.2 Å². The van der Waals surface area contributed by atoms with Gasteiger partial charge in [-0.1, -0.05) is 69.7 Å². The van der Waals surface area contributed by atoms with Gasteiger partial charge in [-0.05, 0) is 30.0 Å². The van der Waals surface area contributed by atoms with E-state index in [0.29, 0.717) is 11.3 Å². The third-order valence-corrected chi connectivity index (χ3v) is 7.08. The minimum absolute atomic E-state index is 0. The van der Waals surface area contributed by atoms with E-state index in [1.807, 2.05) is 50.2 Å². The van der Waals surface area contributed by atoms with Crippen molar-refractivity contribution in [2.75, 3.05) is 0 Å². The second-order valence-corrected chi connectivity index (χ2v) is 11.9. The fourth-order valence-corrected chi connectivity index (χ4v) is 4.05. The van der Waals surface area contributed by atoms with Crippen LogP contribution >= 0.6 is 0 Å². The van der Waals surface area contributed by atoms with Crippen LogP contribution in [0.3, 0.4) is 0 Å². The van der Waals surface area contributed by atoms with Crippen LogP contribution in [0.5, 0.6) is 0 Å². The van der Waals surface area contributed by atoms with E-state index in [1.165, 1.54) is 38.5 Å². The first-order valence-electron chi connectivity index (χ1n) is 14.0. The standard InChI is InChI=1S/C24H18FN2.C10H15F7O2.Ir/c1-16-6-10-18(11-7-16)23-24(19-12-8-17(2)9-13-19)27-22(15-26-23)20-4-3-5-21(25)14-20;1-7(2,3)5(18)4-6(19)8(11,12)9(13,14)10(15,16)17;/h3-10,12-15H,1-2H3;5-6,18-19H,4H2,1-3H3;/q-1;;. The molecular formula is C34H33F8IrN2O2-. The van der Waals surface area contributed by atoms with E-state index in [1.54, 1.807) is 12.3 Å². The molecule has 0 aliphatic heterocycles. The number of nitrogens with zero attached hydrogens (tertiary/aromatic N) is 2. The van der Waals surface area contributed by atoms with Gasteiger partial charge in [0.25, 0.3) is 0 Å². The summed E-state index contributed by atoms with van der Waals surface area (Å²) in [7, 11) is 0. The van der Waals surface area contributed by atoms with Crippen molar-refractivity contribution in [1.82, 2.24) is 9.97 Å². The number of halogens is 8. The van der Waals surface area contributed by atoms with Gasteiger partial charge in [0.1, 0.15) is 11.9 Å². The Morgan fingerprint density at radius 2 is 1.36 bits per heavy atom. The second-order valence-electron chi connectivity index (χ2n) is 11.9. The first kappa shape index (κ1) is 39.9. The Bertz CT molecular complexity index is 1610. The normalized spacial score (nSPS) is 13.6. The molecule has 1 heterocycles. The van der Waals surface area contributed by atoms with E-state index in [0.717, 1.165) is 28.1 Å². The molecule has 0 spiro atoms. The van der Waals surface area contributed by atoms with Crippen LogP contribution in [0, 0.1) is 31.1 Å². The smallest absolute Gasteiger partial charge is 0.392 e. The zero-order chi connectivity index (χ0) is 34.7. The van der Waals surface area contributed by atoms with Crippen molar-refractivity contribution in [3.63, 3.8) is 0 Å². The molecule has 257 valence electrons. The Labute approximate surface area is 281 Å². The summed E-state index contributed by atoms with van der Waals surface area (Å²) in [5, 5.41) is 18.3. The number of aryl methyl sites for hydroxylation is 2. The summed E-state index contributed by atoms with van der Waals surface area (Å²) in [6, 6.07) is 23.8. The predicted octanol–water partition coefficient (Wildman–Crippen LogP) is 9.01. The van der Waals surface area contributed by atoms with Gasteiger partial charge in [0.2, 0.25) is 0 Å². The molecule has 2 N–H and O–H groups in total. The van der Waals surface area contributed by atoms with Crippen molar-refractivity contribution in [3.05, 3.63) is 95.9 Å². The number of rotatable bonds is 7. The molecule has 4 aromatic rings. The number of hydrogen-bond acceptors (Lipinski definition) is 4. The van der Waals surface area contributed by atoms with Crippen molar-refractivity contribution in [1.29, 1.82) is 0 Å². The molecule has 0 saturated heterocycles. The molecule has 1 radical (unpaired) electrons. The second kappa shape index (κ2) is 15.3. The fraction of sp³-hybridized carbons (Fsp3) is 0.353. The van der Waals surface area contributed by atoms with Crippen LogP contribution in [-0.2, 0) is 20.1 Å². The molecular weight excluding hydrogens is 813 g/mol. The number of benzene rings is 3. The van der Waals surface area contributed by atoms with E-state index in [2.05, 4.69) is 23.2 Å². The molecule has 4 rings (SSSR count). The van der Waals surface area contributed by atoms with Crippen LogP contribution in [0.15, 0.2) is 72.9 Å². The minimum atomic E-state index is -6.50. The van der Waals surface area contributed by atoms with Crippen molar-refractivity contribution in [3.8, 4) is 33.8 Å². The van der Waals surface area contributed by atoms with Gasteiger partial charge in [0.15, 0.2) is 0 Å². The van der Waals surface area contributed by atoms with Crippen LogP contribution in [0.2, 0.25) is 0 Å². The maximum atomic E-state index is 13.6. The van der Waals surface area contributed by atoms with Gasteiger partial charge in [0.05, 0.1) is 17.5 Å². The molecule has 1 aromatic heterocycles. The predicted molar refractivity (Wildman–Crippen MR) is 159 cm³/mol.